The third kappa shape index (κ3) is 23.1. The molecule has 2 aromatic heterocycles. The number of primary amides is 1. The largest absolute Gasteiger partial charge is 0.488 e. The number of imide groups is 1. The molecule has 6 aromatic rings. The van der Waals surface area contributed by atoms with E-state index in [1.807, 2.05) is 30.3 Å². The summed E-state index contributed by atoms with van der Waals surface area (Å²) in [6, 6.07) is 21.5. The zero-order valence-corrected chi connectivity index (χ0v) is 53.7. The van der Waals surface area contributed by atoms with Gasteiger partial charge in [0.15, 0.2) is 17.0 Å². The van der Waals surface area contributed by atoms with Crippen molar-refractivity contribution in [1.82, 2.24) is 61.2 Å². The molecule has 98 heavy (non-hydrogen) atoms. The first-order valence-electron chi connectivity index (χ1n) is 30.6. The number of fused-ring (bicyclic) bond motifs is 1. The van der Waals surface area contributed by atoms with Crippen LogP contribution in [0, 0.1) is 0 Å². The number of rotatable bonds is 35. The van der Waals surface area contributed by atoms with Gasteiger partial charge >= 0.3 is 30.3 Å². The fourth-order valence-corrected chi connectivity index (χ4v) is 9.01. The Morgan fingerprint density at radius 3 is 2.03 bits per heavy atom. The number of benzene rings is 4. The monoisotopic (exact) mass is 1350 g/mol. The summed E-state index contributed by atoms with van der Waals surface area (Å²) < 4.78 is 27.6. The topological polar surface area (TPSA) is 478 Å². The molecule has 11 amide bonds. The molecule has 7 rings (SSSR count). The van der Waals surface area contributed by atoms with Gasteiger partial charge in [0.25, 0.3) is 23.6 Å². The first kappa shape index (κ1) is 73.2. The van der Waals surface area contributed by atoms with Crippen molar-refractivity contribution in [2.24, 2.45) is 5.73 Å². The highest BCUT2D eigenvalue weighted by atomic mass is 16.6. The molecule has 4 aromatic carbocycles. The van der Waals surface area contributed by atoms with Crippen LogP contribution < -0.4 is 63.9 Å². The van der Waals surface area contributed by atoms with Crippen molar-refractivity contribution in [2.45, 2.75) is 70.5 Å². The molecule has 0 aliphatic carbocycles. The van der Waals surface area contributed by atoms with Gasteiger partial charge in [-0.15, -0.1) is 0 Å². The Hall–Kier alpha value is -12.2. The molecule has 0 unspecified atom stereocenters. The molecule has 0 radical (unpaired) electrons. The van der Waals surface area contributed by atoms with Crippen molar-refractivity contribution in [2.75, 3.05) is 88.7 Å². The standard InChI is InChI=1S/C64H75N17O17/c1-38(72-62(91)95-32-31-94-30-29-81-50(82)23-24-51(81)83)55(84)75-47(11-7-26-69-61(67)90)58(87)74-43-17-13-40(14-18-43)37-97-63(92)79(2)27-28-80(3)64(93)98-45-21-22-46(49(33-45)96-36-39-9-5-4-6-10-39)57(86)68-25-8-12-48(59(88)89)76-56(85)41-15-19-42(20-16-41)70-34-44-35-71-54-52(73-44)53(65)77-60(66)78-54/h4-6,9-10,13-24,33,35,38,47-48,70H,7-8,11-12,25-32,34,36-37H2,1-3H3,(H,68,86)(H,72,91)(H,74,87)(H,75,84)(H,76,85)(H,88,89)(H3,67,69,90)(H4,65,66,71,77,78)/t38-,47-,48-/m0/s1. The zero-order chi connectivity index (χ0) is 70.7. The third-order valence-corrected chi connectivity index (χ3v) is 14.4. The molecular formula is C64H75N17O17. The summed E-state index contributed by atoms with van der Waals surface area (Å²) in [7, 11) is 2.92. The van der Waals surface area contributed by atoms with Crippen LogP contribution >= 0.6 is 0 Å². The van der Waals surface area contributed by atoms with Gasteiger partial charge in [0, 0.05) is 75.4 Å². The molecule has 0 fully saturated rings. The number of nitrogens with zero attached hydrogens (tertiary/aromatic N) is 7. The smallest absolute Gasteiger partial charge is 0.415 e. The number of urea groups is 1. The minimum atomic E-state index is -1.29. The molecule has 1 aliphatic rings. The number of ether oxygens (including phenoxy) is 5. The van der Waals surface area contributed by atoms with Gasteiger partial charge in [0.05, 0.1) is 43.8 Å². The molecule has 34 nitrogen and oxygen atoms in total. The van der Waals surface area contributed by atoms with Gasteiger partial charge in [-0.2, -0.15) is 9.97 Å². The van der Waals surface area contributed by atoms with Crippen molar-refractivity contribution in [1.29, 1.82) is 0 Å². The number of alkyl carbamates (subject to hydrolysis) is 1. The zero-order valence-electron chi connectivity index (χ0n) is 53.7. The van der Waals surface area contributed by atoms with Gasteiger partial charge in [-0.25, -0.2) is 33.9 Å². The molecule has 3 atom stereocenters. The quantitative estimate of drug-likeness (QED) is 0.0201. The van der Waals surface area contributed by atoms with Gasteiger partial charge in [-0.3, -0.25) is 33.7 Å². The van der Waals surface area contributed by atoms with Crippen LogP contribution in [0.25, 0.3) is 11.2 Å². The van der Waals surface area contributed by atoms with Crippen molar-refractivity contribution < 1.29 is 81.5 Å². The second-order valence-electron chi connectivity index (χ2n) is 21.8. The molecular weight excluding hydrogens is 1280 g/mol. The Kier molecular flexibility index (Phi) is 27.2. The SMILES string of the molecule is C[C@H](NC(=O)OCCOCCN1C(=O)C=CC1=O)C(=O)N[C@@H](CCCNC(N)=O)C(=O)Nc1ccc(COC(=O)N(C)CCN(C)C(=O)Oc2ccc(C(=O)NCCC[C@H](NC(=O)c3ccc(NCc4cnc5nc(N)nc(N)c5n4)cc3)C(=O)O)c(OCc3ccccc3)c2)cc1. The van der Waals surface area contributed by atoms with Gasteiger partial charge in [0.1, 0.15) is 49.4 Å². The number of hydrogen-bond donors (Lipinski definition) is 11. The first-order valence-corrected chi connectivity index (χ1v) is 30.6. The Balaban J connectivity index is 0.826. The van der Waals surface area contributed by atoms with E-state index in [0.717, 1.165) is 22.6 Å². The average molecular weight is 1350 g/mol. The number of carboxylic acid groups (broad SMARTS) is 1. The molecule has 1 aliphatic heterocycles. The van der Waals surface area contributed by atoms with E-state index >= 15 is 0 Å². The van der Waals surface area contributed by atoms with Crippen LogP contribution in [0.2, 0.25) is 0 Å². The number of likely N-dealkylation sites (N-methyl/N-ethyl adjacent to an activating group) is 2. The van der Waals surface area contributed by atoms with E-state index < -0.39 is 83.8 Å². The van der Waals surface area contributed by atoms with Crippen LogP contribution in [0.3, 0.4) is 0 Å². The number of aromatic nitrogens is 4. The summed E-state index contributed by atoms with van der Waals surface area (Å²) >= 11 is 0. The first-order chi connectivity index (χ1) is 47.0. The lowest BCUT2D eigenvalue weighted by Gasteiger charge is -2.22. The highest BCUT2D eigenvalue weighted by Gasteiger charge is 2.27. The summed E-state index contributed by atoms with van der Waals surface area (Å²) in [5.41, 5.74) is 20.4. The Morgan fingerprint density at radius 1 is 0.673 bits per heavy atom. The Labute approximate surface area is 560 Å². The van der Waals surface area contributed by atoms with Crippen LogP contribution in [-0.2, 0) is 57.9 Å². The molecule has 34 heteroatoms. The number of carbonyl (C=O) groups is 11. The maximum absolute atomic E-state index is 13.6. The van der Waals surface area contributed by atoms with Crippen LogP contribution in [-0.4, -0.2) is 190 Å². The number of carboxylic acids is 1. The van der Waals surface area contributed by atoms with Crippen molar-refractivity contribution in [3.05, 3.63) is 143 Å². The van der Waals surface area contributed by atoms with E-state index in [1.54, 1.807) is 36.4 Å². The predicted molar refractivity (Wildman–Crippen MR) is 351 cm³/mol. The number of amides is 11. The molecule has 14 N–H and O–H groups in total. The maximum Gasteiger partial charge on any atom is 0.415 e. The number of nitrogens with one attached hydrogen (secondary N) is 7. The second kappa shape index (κ2) is 36.4. The van der Waals surface area contributed by atoms with Gasteiger partial charge in [-0.1, -0.05) is 42.5 Å². The third-order valence-electron chi connectivity index (χ3n) is 14.4. The lowest BCUT2D eigenvalue weighted by Crippen LogP contribution is -2.51. The summed E-state index contributed by atoms with van der Waals surface area (Å²) in [4.78, 5) is 159. The van der Waals surface area contributed by atoms with Crippen LogP contribution in [0.1, 0.15) is 70.1 Å². The van der Waals surface area contributed by atoms with E-state index in [2.05, 4.69) is 57.2 Å². The minimum Gasteiger partial charge on any atom is -0.488 e. The number of carbonyl (C=O) groups excluding carboxylic acids is 10. The Morgan fingerprint density at radius 2 is 1.34 bits per heavy atom. The van der Waals surface area contributed by atoms with E-state index in [4.69, 9.17) is 40.9 Å². The summed E-state index contributed by atoms with van der Waals surface area (Å²) in [5.74, 6) is -4.59. The summed E-state index contributed by atoms with van der Waals surface area (Å²) in [5, 5.41) is 28.5. The highest BCUT2D eigenvalue weighted by Crippen LogP contribution is 2.27. The van der Waals surface area contributed by atoms with Crippen LogP contribution in [0.15, 0.2) is 115 Å². The fraction of sp³-hybridized carbons (Fsp3) is 0.328. The normalized spacial score (nSPS) is 12.5. The van der Waals surface area contributed by atoms with Gasteiger partial charge in [0.2, 0.25) is 17.8 Å². The second-order valence-corrected chi connectivity index (χ2v) is 21.8. The van der Waals surface area contributed by atoms with Crippen molar-refractivity contribution in [3.63, 3.8) is 0 Å². The molecule has 0 saturated heterocycles. The van der Waals surface area contributed by atoms with E-state index in [-0.39, 0.29) is 138 Å². The molecule has 3 heterocycles. The number of nitrogens with two attached hydrogens (primary N) is 3. The molecule has 0 spiro atoms. The predicted octanol–water partition coefficient (Wildman–Crippen LogP) is 2.80. The lowest BCUT2D eigenvalue weighted by atomic mass is 10.1. The molecule has 0 bridgehead atoms. The number of nitrogen functional groups attached to an aromatic ring is 2. The van der Waals surface area contributed by atoms with Crippen molar-refractivity contribution >= 4 is 100 Å². The lowest BCUT2D eigenvalue weighted by molar-refractivity contribution is -0.140. The molecule has 0 saturated carbocycles. The van der Waals surface area contributed by atoms with E-state index in [0.29, 0.717) is 28.1 Å². The van der Waals surface area contributed by atoms with Crippen molar-refractivity contribution in [3.8, 4) is 11.5 Å². The summed E-state index contributed by atoms with van der Waals surface area (Å²) in [6.45, 7) is 1.35. The van der Waals surface area contributed by atoms with Gasteiger partial charge in [-0.05, 0) is 92.3 Å². The summed E-state index contributed by atoms with van der Waals surface area (Å²) in [6.07, 6.45) is 1.71. The van der Waals surface area contributed by atoms with Crippen LogP contribution in [0.5, 0.6) is 11.5 Å². The molecule has 518 valence electrons. The Bertz CT molecular complexity index is 3850. The number of hydrogen-bond acceptors (Lipinski definition) is 23. The van der Waals surface area contributed by atoms with Crippen LogP contribution in [0.4, 0.5) is 42.3 Å². The number of anilines is 4. The van der Waals surface area contributed by atoms with E-state index in [1.165, 1.54) is 67.3 Å². The van der Waals surface area contributed by atoms with Gasteiger partial charge < -0.3 is 93.0 Å². The fourth-order valence-electron chi connectivity index (χ4n) is 9.01. The maximum atomic E-state index is 13.6. The number of aliphatic carboxylic acids is 1. The minimum absolute atomic E-state index is 0.00109. The highest BCUT2D eigenvalue weighted by molar-refractivity contribution is 6.13. The average Bonchev–Trinajstić information content (AvgIpc) is 1.25. The van der Waals surface area contributed by atoms with E-state index in [9.17, 15) is 57.8 Å².